The Morgan fingerprint density at radius 3 is 2.28 bits per heavy atom. The Bertz CT molecular complexity index is 581. The molecule has 0 saturated heterocycles. The highest BCUT2D eigenvalue weighted by atomic mass is 79.9. The largest absolute Gasteiger partial charge is 0.0843 e. The molecule has 0 heterocycles. The van der Waals surface area contributed by atoms with Crippen LogP contribution in [0.1, 0.15) is 21.5 Å². The Balaban J connectivity index is 2.47. The molecule has 18 heavy (non-hydrogen) atoms. The number of hydrogen-bond donors (Lipinski definition) is 0. The molecule has 0 N–H and O–H groups in total. The Labute approximate surface area is 130 Å². The lowest BCUT2D eigenvalue weighted by molar-refractivity contribution is 1.17. The third-order valence-corrected chi connectivity index (χ3v) is 4.55. The second-order valence-electron chi connectivity index (χ2n) is 4.05. The maximum absolute atomic E-state index is 6.26. The van der Waals surface area contributed by atoms with Crippen molar-refractivity contribution in [2.75, 3.05) is 0 Å². The van der Waals surface area contributed by atoms with E-state index in [1.54, 1.807) is 12.1 Å². The van der Waals surface area contributed by atoms with Crippen molar-refractivity contribution in [3.63, 3.8) is 0 Å². The Hall–Kier alpha value is -0.210. The van der Waals surface area contributed by atoms with Crippen molar-refractivity contribution >= 4 is 50.7 Å². The highest BCUT2D eigenvalue weighted by molar-refractivity contribution is 9.09. The molecule has 0 nitrogen and oxygen atoms in total. The predicted molar refractivity (Wildman–Crippen MR) is 83.4 cm³/mol. The van der Waals surface area contributed by atoms with Gasteiger partial charge in [0, 0.05) is 15.1 Å². The average Bonchev–Trinajstić information content (AvgIpc) is 2.31. The highest BCUT2D eigenvalue weighted by Crippen LogP contribution is 2.39. The third-order valence-electron chi connectivity index (χ3n) is 2.66. The zero-order chi connectivity index (χ0) is 13.3. The topological polar surface area (TPSA) is 0 Å². The van der Waals surface area contributed by atoms with Crippen LogP contribution in [0.25, 0.3) is 0 Å². The number of alkyl halides is 1. The van der Waals surface area contributed by atoms with Gasteiger partial charge in [-0.2, -0.15) is 0 Å². The van der Waals surface area contributed by atoms with Crippen LogP contribution in [-0.2, 0) is 0 Å². The molecule has 0 aromatic heterocycles. The first-order valence-corrected chi connectivity index (χ1v) is 7.39. The first-order valence-electron chi connectivity index (χ1n) is 5.34. The van der Waals surface area contributed by atoms with Crippen LogP contribution in [-0.4, -0.2) is 0 Å². The summed E-state index contributed by atoms with van der Waals surface area (Å²) < 4.78 is 0. The molecule has 1 atom stereocenters. The summed E-state index contributed by atoms with van der Waals surface area (Å²) in [7, 11) is 0. The Morgan fingerprint density at radius 2 is 1.61 bits per heavy atom. The molecule has 2 aromatic carbocycles. The number of halogens is 4. The van der Waals surface area contributed by atoms with E-state index < -0.39 is 0 Å². The van der Waals surface area contributed by atoms with Crippen molar-refractivity contribution in [2.45, 2.75) is 11.8 Å². The first-order chi connectivity index (χ1) is 8.49. The van der Waals surface area contributed by atoms with Crippen molar-refractivity contribution < 1.29 is 0 Å². The van der Waals surface area contributed by atoms with Crippen LogP contribution in [0.15, 0.2) is 36.4 Å². The van der Waals surface area contributed by atoms with Gasteiger partial charge in [0.25, 0.3) is 0 Å². The fourth-order valence-corrected chi connectivity index (χ4v) is 3.51. The van der Waals surface area contributed by atoms with Crippen molar-refractivity contribution in [1.29, 1.82) is 0 Å². The molecular formula is C14H10BrCl3. The van der Waals surface area contributed by atoms with Crippen LogP contribution in [0.2, 0.25) is 15.1 Å². The summed E-state index contributed by atoms with van der Waals surface area (Å²) in [6.07, 6.45) is 0. The van der Waals surface area contributed by atoms with Crippen molar-refractivity contribution in [2.24, 2.45) is 0 Å². The first kappa shape index (κ1) is 14.2. The minimum Gasteiger partial charge on any atom is -0.0843 e. The summed E-state index contributed by atoms with van der Waals surface area (Å²) >= 11 is 22.1. The van der Waals surface area contributed by atoms with Gasteiger partial charge in [-0.05, 0) is 47.9 Å². The molecule has 0 aliphatic heterocycles. The maximum Gasteiger partial charge on any atom is 0.0674 e. The minimum absolute atomic E-state index is 0.0724. The van der Waals surface area contributed by atoms with Crippen LogP contribution in [0, 0.1) is 6.92 Å². The molecule has 2 rings (SSSR count). The highest BCUT2D eigenvalue weighted by Gasteiger charge is 2.17. The third kappa shape index (κ3) is 3.03. The van der Waals surface area contributed by atoms with Gasteiger partial charge in [-0.25, -0.2) is 0 Å². The van der Waals surface area contributed by atoms with Crippen LogP contribution in [0.4, 0.5) is 0 Å². The van der Waals surface area contributed by atoms with Gasteiger partial charge in [0.05, 0.1) is 4.83 Å². The number of benzene rings is 2. The molecule has 0 aliphatic carbocycles. The van der Waals surface area contributed by atoms with E-state index >= 15 is 0 Å². The number of rotatable bonds is 2. The molecule has 0 saturated carbocycles. The van der Waals surface area contributed by atoms with E-state index in [1.807, 2.05) is 31.2 Å². The SMILES string of the molecule is Cc1ccc(C(Br)c2cc(Cl)ccc2Cl)c(Cl)c1. The summed E-state index contributed by atoms with van der Waals surface area (Å²) in [6, 6.07) is 11.4. The molecule has 94 valence electrons. The molecule has 0 aliphatic rings. The standard InChI is InChI=1S/C14H10BrCl3/c1-8-2-4-10(13(18)6-8)14(15)11-7-9(16)3-5-12(11)17/h2-7,14H,1H3. The molecule has 0 spiro atoms. The normalized spacial score (nSPS) is 12.5. The molecular weight excluding hydrogens is 354 g/mol. The quantitative estimate of drug-likeness (QED) is 0.538. The summed E-state index contributed by atoms with van der Waals surface area (Å²) in [6.45, 7) is 2.01. The molecule has 1 unspecified atom stereocenters. The number of hydrogen-bond acceptors (Lipinski definition) is 0. The van der Waals surface area contributed by atoms with Crippen LogP contribution in [0.3, 0.4) is 0 Å². The van der Waals surface area contributed by atoms with Gasteiger partial charge in [-0.3, -0.25) is 0 Å². The molecule has 0 fully saturated rings. The van der Waals surface area contributed by atoms with E-state index in [9.17, 15) is 0 Å². The summed E-state index contributed by atoms with van der Waals surface area (Å²) in [5.74, 6) is 0. The van der Waals surface area contributed by atoms with Crippen molar-refractivity contribution in [1.82, 2.24) is 0 Å². The van der Waals surface area contributed by atoms with Crippen LogP contribution >= 0.6 is 50.7 Å². The molecule has 4 heteroatoms. The lowest BCUT2D eigenvalue weighted by Gasteiger charge is -2.15. The zero-order valence-corrected chi connectivity index (χ0v) is 13.4. The fraction of sp³-hybridized carbons (Fsp3) is 0.143. The zero-order valence-electron chi connectivity index (χ0n) is 9.55. The van der Waals surface area contributed by atoms with Crippen molar-refractivity contribution in [3.8, 4) is 0 Å². The summed E-state index contributed by atoms with van der Waals surface area (Å²) in [4.78, 5) is -0.0724. The van der Waals surface area contributed by atoms with Gasteiger partial charge in [-0.15, -0.1) is 0 Å². The summed E-state index contributed by atoms with van der Waals surface area (Å²) in [5, 5.41) is 2.04. The van der Waals surface area contributed by atoms with Gasteiger partial charge >= 0.3 is 0 Å². The van der Waals surface area contributed by atoms with E-state index in [4.69, 9.17) is 34.8 Å². The minimum atomic E-state index is -0.0724. The average molecular weight is 364 g/mol. The fourth-order valence-electron chi connectivity index (χ4n) is 1.71. The predicted octanol–water partition coefficient (Wildman–Crippen LogP) is 6.44. The maximum atomic E-state index is 6.26. The van der Waals surface area contributed by atoms with Crippen LogP contribution < -0.4 is 0 Å². The van der Waals surface area contributed by atoms with E-state index in [1.165, 1.54) is 0 Å². The van der Waals surface area contributed by atoms with E-state index in [-0.39, 0.29) is 4.83 Å². The second kappa shape index (κ2) is 5.83. The monoisotopic (exact) mass is 362 g/mol. The van der Waals surface area contributed by atoms with Crippen LogP contribution in [0.5, 0.6) is 0 Å². The Kier molecular flexibility index (Phi) is 4.60. The lowest BCUT2D eigenvalue weighted by atomic mass is 10.0. The van der Waals surface area contributed by atoms with E-state index in [2.05, 4.69) is 15.9 Å². The summed E-state index contributed by atoms with van der Waals surface area (Å²) in [5.41, 5.74) is 3.02. The van der Waals surface area contributed by atoms with E-state index in [0.717, 1.165) is 16.7 Å². The van der Waals surface area contributed by atoms with E-state index in [0.29, 0.717) is 15.1 Å². The van der Waals surface area contributed by atoms with Gasteiger partial charge in [0.1, 0.15) is 0 Å². The molecule has 0 bridgehead atoms. The van der Waals surface area contributed by atoms with Crippen molar-refractivity contribution in [3.05, 3.63) is 68.2 Å². The number of aryl methyl sites for hydroxylation is 1. The lowest BCUT2D eigenvalue weighted by Crippen LogP contribution is -1.95. The molecule has 0 amide bonds. The molecule has 2 aromatic rings. The van der Waals surface area contributed by atoms with Gasteiger partial charge in [-0.1, -0.05) is 62.9 Å². The van der Waals surface area contributed by atoms with Gasteiger partial charge in [0.2, 0.25) is 0 Å². The second-order valence-corrected chi connectivity index (χ2v) is 6.22. The Morgan fingerprint density at radius 1 is 0.889 bits per heavy atom. The van der Waals surface area contributed by atoms with Gasteiger partial charge < -0.3 is 0 Å². The van der Waals surface area contributed by atoms with Gasteiger partial charge in [0.15, 0.2) is 0 Å². The smallest absolute Gasteiger partial charge is 0.0674 e. The molecule has 0 radical (unpaired) electrons.